The Balaban J connectivity index is 2.46. The number of hydrogen-bond acceptors (Lipinski definition) is 1. The summed E-state index contributed by atoms with van der Waals surface area (Å²) in [5.74, 6) is 1.71. The van der Waals surface area contributed by atoms with E-state index < -0.39 is 0 Å². The molecule has 16 heavy (non-hydrogen) atoms. The molecule has 1 aliphatic rings. The number of guanidine groups is 1. The molecule has 1 unspecified atom stereocenters. The van der Waals surface area contributed by atoms with Crippen molar-refractivity contribution in [2.45, 2.75) is 53.5 Å². The van der Waals surface area contributed by atoms with Crippen molar-refractivity contribution in [3.05, 3.63) is 0 Å². The van der Waals surface area contributed by atoms with E-state index >= 15 is 0 Å². The molecule has 0 saturated heterocycles. The SMILES string of the molecule is CCNC(=NCC1CC1(C)C)NC(C)(C)C. The minimum atomic E-state index is 0.0695. The highest BCUT2D eigenvalue weighted by Gasteiger charge is 2.45. The van der Waals surface area contributed by atoms with Gasteiger partial charge in [-0.3, -0.25) is 4.99 Å². The van der Waals surface area contributed by atoms with E-state index in [1.54, 1.807) is 0 Å². The fourth-order valence-corrected chi connectivity index (χ4v) is 1.75. The van der Waals surface area contributed by atoms with Crippen LogP contribution in [-0.4, -0.2) is 24.6 Å². The van der Waals surface area contributed by atoms with Crippen molar-refractivity contribution < 1.29 is 0 Å². The molecule has 3 heteroatoms. The Bertz CT molecular complexity index is 261. The third kappa shape index (κ3) is 4.42. The Labute approximate surface area is 100 Å². The van der Waals surface area contributed by atoms with Crippen LogP contribution in [0.1, 0.15) is 48.0 Å². The van der Waals surface area contributed by atoms with Crippen molar-refractivity contribution in [2.75, 3.05) is 13.1 Å². The second kappa shape index (κ2) is 4.64. The van der Waals surface area contributed by atoms with E-state index in [1.165, 1.54) is 6.42 Å². The number of rotatable bonds is 3. The summed E-state index contributed by atoms with van der Waals surface area (Å²) >= 11 is 0. The summed E-state index contributed by atoms with van der Waals surface area (Å²) in [6.45, 7) is 15.0. The van der Waals surface area contributed by atoms with Crippen LogP contribution in [0.15, 0.2) is 4.99 Å². The number of aliphatic imine (C=N–C) groups is 1. The molecular formula is C13H27N3. The largest absolute Gasteiger partial charge is 0.357 e. The zero-order valence-corrected chi connectivity index (χ0v) is 11.6. The Kier molecular flexibility index (Phi) is 3.87. The average molecular weight is 225 g/mol. The van der Waals surface area contributed by atoms with Crippen LogP contribution in [0.3, 0.4) is 0 Å². The van der Waals surface area contributed by atoms with E-state index in [9.17, 15) is 0 Å². The van der Waals surface area contributed by atoms with Gasteiger partial charge in [0.2, 0.25) is 0 Å². The molecule has 0 aromatic rings. The fourth-order valence-electron chi connectivity index (χ4n) is 1.75. The third-order valence-electron chi connectivity index (χ3n) is 3.02. The molecular weight excluding hydrogens is 198 g/mol. The van der Waals surface area contributed by atoms with Crippen LogP contribution < -0.4 is 10.6 Å². The van der Waals surface area contributed by atoms with E-state index in [4.69, 9.17) is 0 Å². The topological polar surface area (TPSA) is 36.4 Å². The van der Waals surface area contributed by atoms with Crippen LogP contribution in [-0.2, 0) is 0 Å². The number of hydrogen-bond donors (Lipinski definition) is 2. The number of nitrogens with one attached hydrogen (secondary N) is 2. The van der Waals surface area contributed by atoms with Gasteiger partial charge in [0.25, 0.3) is 0 Å². The summed E-state index contributed by atoms with van der Waals surface area (Å²) in [5.41, 5.74) is 0.586. The van der Waals surface area contributed by atoms with Gasteiger partial charge in [0.05, 0.1) is 0 Å². The predicted octanol–water partition coefficient (Wildman–Crippen LogP) is 2.39. The standard InChI is InChI=1S/C13H27N3/c1-7-14-11(16-12(2,3)4)15-9-10-8-13(10,5)6/h10H,7-9H2,1-6H3,(H2,14,15,16). The maximum absolute atomic E-state index is 4.65. The van der Waals surface area contributed by atoms with E-state index in [1.807, 2.05) is 0 Å². The first-order valence-corrected chi connectivity index (χ1v) is 6.31. The summed E-state index contributed by atoms with van der Waals surface area (Å²) in [7, 11) is 0. The van der Waals surface area contributed by atoms with Crippen molar-refractivity contribution in [3.8, 4) is 0 Å². The van der Waals surface area contributed by atoms with Crippen LogP contribution in [0.25, 0.3) is 0 Å². The molecule has 0 aliphatic heterocycles. The van der Waals surface area contributed by atoms with Gasteiger partial charge in [0.15, 0.2) is 5.96 Å². The molecule has 0 radical (unpaired) electrons. The molecule has 0 bridgehead atoms. The Morgan fingerprint density at radius 2 is 1.94 bits per heavy atom. The van der Waals surface area contributed by atoms with Gasteiger partial charge in [-0.2, -0.15) is 0 Å². The minimum absolute atomic E-state index is 0.0695. The van der Waals surface area contributed by atoms with E-state index in [-0.39, 0.29) is 5.54 Å². The van der Waals surface area contributed by atoms with Crippen LogP contribution in [0.5, 0.6) is 0 Å². The monoisotopic (exact) mass is 225 g/mol. The fraction of sp³-hybridized carbons (Fsp3) is 0.923. The van der Waals surface area contributed by atoms with Crippen LogP contribution >= 0.6 is 0 Å². The highest BCUT2D eigenvalue weighted by atomic mass is 15.2. The van der Waals surface area contributed by atoms with Crippen molar-refractivity contribution in [3.63, 3.8) is 0 Å². The van der Waals surface area contributed by atoms with E-state index in [2.05, 4.69) is 57.2 Å². The molecule has 1 atom stereocenters. The Hall–Kier alpha value is -0.730. The normalized spacial score (nSPS) is 24.1. The lowest BCUT2D eigenvalue weighted by Crippen LogP contribution is -2.47. The first-order chi connectivity index (χ1) is 7.24. The van der Waals surface area contributed by atoms with Gasteiger partial charge in [-0.05, 0) is 45.4 Å². The van der Waals surface area contributed by atoms with Gasteiger partial charge in [-0.15, -0.1) is 0 Å². The van der Waals surface area contributed by atoms with Gasteiger partial charge in [-0.25, -0.2) is 0 Å². The summed E-state index contributed by atoms with van der Waals surface area (Å²) in [5, 5.41) is 6.70. The second-order valence-corrected chi connectivity index (χ2v) is 6.48. The lowest BCUT2D eigenvalue weighted by Gasteiger charge is -2.23. The minimum Gasteiger partial charge on any atom is -0.357 e. The molecule has 1 rings (SSSR count). The third-order valence-corrected chi connectivity index (χ3v) is 3.02. The smallest absolute Gasteiger partial charge is 0.191 e. The van der Waals surface area contributed by atoms with Gasteiger partial charge < -0.3 is 10.6 Å². The lowest BCUT2D eigenvalue weighted by atomic mass is 10.1. The lowest BCUT2D eigenvalue weighted by molar-refractivity contribution is 0.499. The molecule has 1 saturated carbocycles. The first kappa shape index (κ1) is 13.3. The van der Waals surface area contributed by atoms with Crippen molar-refractivity contribution in [1.82, 2.24) is 10.6 Å². The zero-order chi connectivity index (χ0) is 12.4. The van der Waals surface area contributed by atoms with Crippen molar-refractivity contribution in [1.29, 1.82) is 0 Å². The first-order valence-electron chi connectivity index (χ1n) is 6.31. The zero-order valence-electron chi connectivity index (χ0n) is 11.6. The average Bonchev–Trinajstić information content (AvgIpc) is 2.68. The maximum Gasteiger partial charge on any atom is 0.191 e. The molecule has 94 valence electrons. The number of nitrogens with zero attached hydrogens (tertiary/aromatic N) is 1. The van der Waals surface area contributed by atoms with Gasteiger partial charge in [0, 0.05) is 18.6 Å². The van der Waals surface area contributed by atoms with Crippen molar-refractivity contribution >= 4 is 5.96 Å². The van der Waals surface area contributed by atoms with Gasteiger partial charge in [0.1, 0.15) is 0 Å². The van der Waals surface area contributed by atoms with Crippen molar-refractivity contribution in [2.24, 2.45) is 16.3 Å². The molecule has 0 amide bonds. The molecule has 3 nitrogen and oxygen atoms in total. The molecule has 0 spiro atoms. The molecule has 1 aliphatic carbocycles. The van der Waals surface area contributed by atoms with E-state index in [0.717, 1.165) is 25.0 Å². The van der Waals surface area contributed by atoms with Crippen LogP contribution in [0.2, 0.25) is 0 Å². The molecule has 2 N–H and O–H groups in total. The Morgan fingerprint density at radius 1 is 1.38 bits per heavy atom. The van der Waals surface area contributed by atoms with Gasteiger partial charge >= 0.3 is 0 Å². The predicted molar refractivity (Wildman–Crippen MR) is 70.8 cm³/mol. The molecule has 0 aromatic heterocycles. The summed E-state index contributed by atoms with van der Waals surface area (Å²) in [6, 6.07) is 0. The Morgan fingerprint density at radius 3 is 2.31 bits per heavy atom. The molecule has 1 fully saturated rings. The van der Waals surface area contributed by atoms with Gasteiger partial charge in [-0.1, -0.05) is 13.8 Å². The van der Waals surface area contributed by atoms with Crippen LogP contribution in [0.4, 0.5) is 0 Å². The maximum atomic E-state index is 4.65. The molecule has 0 heterocycles. The molecule has 0 aromatic carbocycles. The second-order valence-electron chi connectivity index (χ2n) is 6.48. The highest BCUT2D eigenvalue weighted by Crippen LogP contribution is 2.51. The summed E-state index contributed by atoms with van der Waals surface area (Å²) in [6.07, 6.45) is 1.31. The quantitative estimate of drug-likeness (QED) is 0.571. The van der Waals surface area contributed by atoms with Crippen LogP contribution in [0, 0.1) is 11.3 Å². The summed E-state index contributed by atoms with van der Waals surface area (Å²) < 4.78 is 0. The van der Waals surface area contributed by atoms with E-state index in [0.29, 0.717) is 5.41 Å². The highest BCUT2D eigenvalue weighted by molar-refractivity contribution is 5.80. The summed E-state index contributed by atoms with van der Waals surface area (Å²) in [4.78, 5) is 4.65.